The molecule has 0 rings (SSSR count). The Labute approximate surface area is 46.6 Å². The van der Waals surface area contributed by atoms with Gasteiger partial charge in [-0.25, -0.2) is 0 Å². The van der Waals surface area contributed by atoms with Crippen LogP contribution in [0.25, 0.3) is 0 Å². The first-order chi connectivity index (χ1) is 3.66. The van der Waals surface area contributed by atoms with Crippen molar-refractivity contribution >= 4 is 0 Å². The van der Waals surface area contributed by atoms with E-state index in [2.05, 4.69) is 4.74 Å². The summed E-state index contributed by atoms with van der Waals surface area (Å²) < 4.78 is 26.3. The van der Waals surface area contributed by atoms with Crippen LogP contribution in [0.2, 0.25) is 0 Å². The number of halogens is 2. The van der Waals surface area contributed by atoms with Gasteiger partial charge in [-0.1, -0.05) is 0 Å². The lowest BCUT2D eigenvalue weighted by Gasteiger charge is -2.07. The number of ether oxygens (including phenoxy) is 1. The Morgan fingerprint density at radius 2 is 2.12 bits per heavy atom. The molecular formula is C4H9F2NO. The van der Waals surface area contributed by atoms with Gasteiger partial charge in [0.1, 0.15) is 0 Å². The highest BCUT2D eigenvalue weighted by molar-refractivity contribution is 4.46. The van der Waals surface area contributed by atoms with E-state index in [1.807, 2.05) is 0 Å². The highest BCUT2D eigenvalue weighted by Crippen LogP contribution is 1.98. The highest BCUT2D eigenvalue weighted by atomic mass is 19.3. The van der Waals surface area contributed by atoms with E-state index in [-0.39, 0.29) is 6.54 Å². The number of hydrogen-bond acceptors (Lipinski definition) is 2. The molecule has 50 valence electrons. The van der Waals surface area contributed by atoms with Crippen molar-refractivity contribution in [2.75, 3.05) is 6.54 Å². The molecule has 0 aromatic rings. The minimum atomic E-state index is -2.70. The average Bonchev–Trinajstić information content (AvgIpc) is 1.65. The van der Waals surface area contributed by atoms with Crippen molar-refractivity contribution in [3.63, 3.8) is 0 Å². The van der Waals surface area contributed by atoms with Gasteiger partial charge < -0.3 is 10.5 Å². The van der Waals surface area contributed by atoms with Crippen LogP contribution in [0.3, 0.4) is 0 Å². The Morgan fingerprint density at radius 3 is 2.25 bits per heavy atom. The SMILES string of the molecule is C[C@@H](CN)OC(F)F. The third-order valence-electron chi connectivity index (χ3n) is 0.667. The number of rotatable bonds is 3. The van der Waals surface area contributed by atoms with Gasteiger partial charge in [-0.2, -0.15) is 8.78 Å². The summed E-state index contributed by atoms with van der Waals surface area (Å²) in [6.45, 7) is -1.08. The lowest BCUT2D eigenvalue weighted by atomic mass is 10.4. The van der Waals surface area contributed by atoms with Gasteiger partial charge in [0.15, 0.2) is 0 Å². The summed E-state index contributed by atoms with van der Waals surface area (Å²) >= 11 is 0. The smallest absolute Gasteiger partial charge is 0.328 e. The van der Waals surface area contributed by atoms with E-state index in [0.717, 1.165) is 0 Å². The topological polar surface area (TPSA) is 35.2 Å². The second kappa shape index (κ2) is 3.74. The van der Waals surface area contributed by atoms with Gasteiger partial charge in [-0.15, -0.1) is 0 Å². The van der Waals surface area contributed by atoms with Gasteiger partial charge in [0, 0.05) is 6.54 Å². The Bertz CT molecular complexity index is 60.0. The van der Waals surface area contributed by atoms with Crippen LogP contribution < -0.4 is 5.73 Å². The van der Waals surface area contributed by atoms with Crippen molar-refractivity contribution in [1.29, 1.82) is 0 Å². The Hall–Kier alpha value is -0.220. The lowest BCUT2D eigenvalue weighted by molar-refractivity contribution is -0.154. The van der Waals surface area contributed by atoms with E-state index in [1.54, 1.807) is 0 Å². The van der Waals surface area contributed by atoms with Crippen molar-refractivity contribution in [2.24, 2.45) is 5.73 Å². The fourth-order valence-electron chi connectivity index (χ4n) is 0.231. The van der Waals surface area contributed by atoms with Gasteiger partial charge >= 0.3 is 6.61 Å². The van der Waals surface area contributed by atoms with Crippen molar-refractivity contribution in [3.05, 3.63) is 0 Å². The molecule has 0 saturated carbocycles. The number of alkyl halides is 2. The average molecular weight is 125 g/mol. The molecule has 0 amide bonds. The summed E-state index contributed by atoms with van der Waals surface area (Å²) in [6, 6.07) is 0. The summed E-state index contributed by atoms with van der Waals surface area (Å²) in [6.07, 6.45) is -0.546. The minimum absolute atomic E-state index is 0.129. The van der Waals surface area contributed by atoms with Crippen LogP contribution in [0.4, 0.5) is 8.78 Å². The molecule has 1 atom stereocenters. The van der Waals surface area contributed by atoms with Gasteiger partial charge in [0.05, 0.1) is 6.10 Å². The summed E-state index contributed by atoms with van der Waals surface area (Å²) in [5.74, 6) is 0. The first-order valence-corrected chi connectivity index (χ1v) is 2.30. The molecule has 0 heterocycles. The van der Waals surface area contributed by atoms with E-state index in [4.69, 9.17) is 5.73 Å². The molecule has 0 aliphatic rings. The van der Waals surface area contributed by atoms with E-state index >= 15 is 0 Å². The zero-order valence-electron chi connectivity index (χ0n) is 4.60. The van der Waals surface area contributed by atoms with Crippen molar-refractivity contribution in [2.45, 2.75) is 19.6 Å². The largest absolute Gasteiger partial charge is 0.345 e. The van der Waals surface area contributed by atoms with Crippen LogP contribution in [0, 0.1) is 0 Å². The molecular weight excluding hydrogens is 116 g/mol. The lowest BCUT2D eigenvalue weighted by Crippen LogP contribution is -2.22. The predicted octanol–water partition coefficient (Wildman–Crippen LogP) is 0.573. The summed E-state index contributed by atoms with van der Waals surface area (Å²) in [4.78, 5) is 0. The second-order valence-corrected chi connectivity index (χ2v) is 1.44. The van der Waals surface area contributed by atoms with Crippen LogP contribution in [0.1, 0.15) is 6.92 Å². The molecule has 0 aromatic carbocycles. The molecule has 0 spiro atoms. The van der Waals surface area contributed by atoms with Crippen molar-refractivity contribution in [3.8, 4) is 0 Å². The second-order valence-electron chi connectivity index (χ2n) is 1.44. The fourth-order valence-corrected chi connectivity index (χ4v) is 0.231. The molecule has 0 aliphatic heterocycles. The van der Waals surface area contributed by atoms with E-state index in [9.17, 15) is 8.78 Å². The van der Waals surface area contributed by atoms with Crippen molar-refractivity contribution < 1.29 is 13.5 Å². The molecule has 2 N–H and O–H groups in total. The van der Waals surface area contributed by atoms with Crippen LogP contribution in [0.15, 0.2) is 0 Å². The Balaban J connectivity index is 3.10. The highest BCUT2D eigenvalue weighted by Gasteiger charge is 2.06. The number of nitrogens with two attached hydrogens (primary N) is 1. The molecule has 8 heavy (non-hydrogen) atoms. The quantitative estimate of drug-likeness (QED) is 0.598. The van der Waals surface area contributed by atoms with Gasteiger partial charge in [0.2, 0.25) is 0 Å². The van der Waals surface area contributed by atoms with Crippen LogP contribution >= 0.6 is 0 Å². The maximum atomic E-state index is 11.2. The third kappa shape index (κ3) is 3.95. The van der Waals surface area contributed by atoms with Gasteiger partial charge in [-0.3, -0.25) is 0 Å². The monoisotopic (exact) mass is 125 g/mol. The molecule has 2 nitrogen and oxygen atoms in total. The molecule has 0 radical (unpaired) electrons. The summed E-state index contributed by atoms with van der Waals surface area (Å²) in [7, 11) is 0. The Kier molecular flexibility index (Phi) is 3.64. The van der Waals surface area contributed by atoms with Gasteiger partial charge in [-0.05, 0) is 6.92 Å². The maximum absolute atomic E-state index is 11.2. The maximum Gasteiger partial charge on any atom is 0.345 e. The first-order valence-electron chi connectivity index (χ1n) is 2.30. The molecule has 0 fully saturated rings. The number of hydrogen-bond donors (Lipinski definition) is 1. The normalized spacial score (nSPS) is 14.6. The Morgan fingerprint density at radius 1 is 1.62 bits per heavy atom. The zero-order chi connectivity index (χ0) is 6.57. The van der Waals surface area contributed by atoms with Crippen LogP contribution in [-0.2, 0) is 4.74 Å². The van der Waals surface area contributed by atoms with Crippen LogP contribution in [0.5, 0.6) is 0 Å². The standard InChI is InChI=1S/C4H9F2NO/c1-3(2-7)8-4(5)6/h3-4H,2,7H2,1H3/t3-/m0/s1. The fraction of sp³-hybridized carbons (Fsp3) is 1.00. The molecule has 0 aromatic heterocycles. The van der Waals surface area contributed by atoms with Crippen molar-refractivity contribution in [1.82, 2.24) is 0 Å². The zero-order valence-corrected chi connectivity index (χ0v) is 4.60. The third-order valence-corrected chi connectivity index (χ3v) is 0.667. The van der Waals surface area contributed by atoms with Crippen LogP contribution in [-0.4, -0.2) is 19.3 Å². The van der Waals surface area contributed by atoms with E-state index < -0.39 is 12.7 Å². The molecule has 4 heteroatoms. The first kappa shape index (κ1) is 7.78. The van der Waals surface area contributed by atoms with E-state index in [0.29, 0.717) is 0 Å². The molecule has 0 bridgehead atoms. The molecule has 0 aliphatic carbocycles. The molecule has 0 saturated heterocycles. The minimum Gasteiger partial charge on any atom is -0.328 e. The van der Waals surface area contributed by atoms with E-state index in [1.165, 1.54) is 6.92 Å². The summed E-state index contributed by atoms with van der Waals surface area (Å²) in [5, 5.41) is 0. The summed E-state index contributed by atoms with van der Waals surface area (Å²) in [5.41, 5.74) is 4.96. The van der Waals surface area contributed by atoms with Gasteiger partial charge in [0.25, 0.3) is 0 Å². The molecule has 0 unspecified atom stereocenters. The predicted molar refractivity (Wildman–Crippen MR) is 25.6 cm³/mol.